The van der Waals surface area contributed by atoms with Crippen molar-refractivity contribution in [1.29, 1.82) is 0 Å². The number of benzene rings is 1. The highest BCUT2D eigenvalue weighted by Gasteiger charge is 2.27. The molecule has 1 heterocycles. The van der Waals surface area contributed by atoms with Gasteiger partial charge >= 0.3 is 0 Å². The molecule has 7 nitrogen and oxygen atoms in total. The standard InChI is InChI=1S/C13H16N4O3/c1-13(2,3)10(14)12-15-11(16-20-12)8-4-6-9(7-5-8)17(18)19/h4-7,10H,14H2,1-3H3/t10-/m0/s1. The summed E-state index contributed by atoms with van der Waals surface area (Å²) >= 11 is 0. The SMILES string of the molecule is CC(C)(C)[C@@H](N)c1nc(-c2ccc([N+](=O)[O-])cc2)no1. The molecule has 0 spiro atoms. The molecule has 1 atom stereocenters. The Balaban J connectivity index is 2.27. The molecular formula is C13H16N4O3. The number of hydrogen-bond acceptors (Lipinski definition) is 6. The van der Waals surface area contributed by atoms with E-state index in [0.29, 0.717) is 17.3 Å². The number of nitro groups is 1. The molecule has 1 aromatic heterocycles. The van der Waals surface area contributed by atoms with Crippen LogP contribution in [0.25, 0.3) is 11.4 Å². The van der Waals surface area contributed by atoms with E-state index >= 15 is 0 Å². The molecule has 2 aromatic rings. The van der Waals surface area contributed by atoms with Gasteiger partial charge in [-0.3, -0.25) is 10.1 Å². The second-order valence-corrected chi connectivity index (χ2v) is 5.60. The molecule has 106 valence electrons. The summed E-state index contributed by atoms with van der Waals surface area (Å²) in [6.07, 6.45) is 0. The summed E-state index contributed by atoms with van der Waals surface area (Å²) in [7, 11) is 0. The number of hydrogen-bond donors (Lipinski definition) is 1. The van der Waals surface area contributed by atoms with Crippen LogP contribution in [0.3, 0.4) is 0 Å². The summed E-state index contributed by atoms with van der Waals surface area (Å²) < 4.78 is 5.17. The van der Waals surface area contributed by atoms with Crippen LogP contribution < -0.4 is 5.73 Å². The summed E-state index contributed by atoms with van der Waals surface area (Å²) in [5.74, 6) is 0.723. The van der Waals surface area contributed by atoms with Crippen molar-refractivity contribution < 1.29 is 9.45 Å². The lowest BCUT2D eigenvalue weighted by Gasteiger charge is -2.23. The van der Waals surface area contributed by atoms with E-state index in [1.807, 2.05) is 20.8 Å². The van der Waals surface area contributed by atoms with Gasteiger partial charge < -0.3 is 10.3 Å². The van der Waals surface area contributed by atoms with Crippen LogP contribution in [0.5, 0.6) is 0 Å². The van der Waals surface area contributed by atoms with E-state index < -0.39 is 4.92 Å². The fourth-order valence-electron chi connectivity index (χ4n) is 1.58. The van der Waals surface area contributed by atoms with Gasteiger partial charge in [-0.15, -0.1) is 0 Å². The van der Waals surface area contributed by atoms with Crippen molar-refractivity contribution in [3.8, 4) is 11.4 Å². The lowest BCUT2D eigenvalue weighted by Crippen LogP contribution is -2.26. The molecule has 20 heavy (non-hydrogen) atoms. The maximum Gasteiger partial charge on any atom is 0.269 e. The number of non-ortho nitro benzene ring substituents is 1. The van der Waals surface area contributed by atoms with Crippen LogP contribution in [0.15, 0.2) is 28.8 Å². The molecule has 0 saturated carbocycles. The third kappa shape index (κ3) is 2.83. The van der Waals surface area contributed by atoms with Crippen molar-refractivity contribution in [2.24, 2.45) is 11.1 Å². The second kappa shape index (κ2) is 5.01. The van der Waals surface area contributed by atoms with Crippen LogP contribution in [0.1, 0.15) is 32.7 Å². The number of nitrogens with two attached hydrogens (primary N) is 1. The van der Waals surface area contributed by atoms with E-state index in [9.17, 15) is 10.1 Å². The second-order valence-electron chi connectivity index (χ2n) is 5.60. The van der Waals surface area contributed by atoms with Crippen LogP contribution in [-0.4, -0.2) is 15.1 Å². The summed E-state index contributed by atoms with van der Waals surface area (Å²) in [5, 5.41) is 14.5. The van der Waals surface area contributed by atoms with Gasteiger partial charge in [-0.2, -0.15) is 4.98 Å². The number of aromatic nitrogens is 2. The molecular weight excluding hydrogens is 260 g/mol. The third-order valence-corrected chi connectivity index (χ3v) is 2.98. The Labute approximate surface area is 115 Å². The Kier molecular flexibility index (Phi) is 3.54. The third-order valence-electron chi connectivity index (χ3n) is 2.98. The molecule has 0 saturated heterocycles. The van der Waals surface area contributed by atoms with Crippen LogP contribution in [0.2, 0.25) is 0 Å². The zero-order chi connectivity index (χ0) is 14.9. The van der Waals surface area contributed by atoms with Gasteiger partial charge in [0.1, 0.15) is 0 Å². The molecule has 0 aliphatic carbocycles. The quantitative estimate of drug-likeness (QED) is 0.682. The summed E-state index contributed by atoms with van der Waals surface area (Å²) in [6, 6.07) is 5.58. The molecule has 0 aliphatic rings. The first kappa shape index (κ1) is 14.1. The molecule has 2 rings (SSSR count). The summed E-state index contributed by atoms with van der Waals surface area (Å²) in [6.45, 7) is 5.94. The first-order valence-corrected chi connectivity index (χ1v) is 6.13. The Hall–Kier alpha value is -2.28. The first-order valence-electron chi connectivity index (χ1n) is 6.13. The molecule has 0 amide bonds. The minimum absolute atomic E-state index is 0.0175. The molecule has 2 N–H and O–H groups in total. The van der Waals surface area contributed by atoms with Gasteiger partial charge in [-0.1, -0.05) is 25.9 Å². The molecule has 0 radical (unpaired) electrons. The predicted molar refractivity (Wildman–Crippen MR) is 72.8 cm³/mol. The fraction of sp³-hybridized carbons (Fsp3) is 0.385. The smallest absolute Gasteiger partial charge is 0.269 e. The Morgan fingerprint density at radius 1 is 1.30 bits per heavy atom. The fourth-order valence-corrected chi connectivity index (χ4v) is 1.58. The van der Waals surface area contributed by atoms with Gasteiger partial charge in [0, 0.05) is 17.7 Å². The molecule has 7 heteroatoms. The van der Waals surface area contributed by atoms with Crippen molar-refractivity contribution in [2.75, 3.05) is 0 Å². The topological polar surface area (TPSA) is 108 Å². The van der Waals surface area contributed by atoms with E-state index in [0.717, 1.165) is 0 Å². The van der Waals surface area contributed by atoms with E-state index in [2.05, 4.69) is 10.1 Å². The highest BCUT2D eigenvalue weighted by Crippen LogP contribution is 2.30. The van der Waals surface area contributed by atoms with Crippen molar-refractivity contribution >= 4 is 5.69 Å². The van der Waals surface area contributed by atoms with Crippen LogP contribution in [0, 0.1) is 15.5 Å². The molecule has 0 unspecified atom stereocenters. The van der Waals surface area contributed by atoms with Gasteiger partial charge in [-0.05, 0) is 17.5 Å². The van der Waals surface area contributed by atoms with Gasteiger partial charge in [-0.25, -0.2) is 0 Å². The Morgan fingerprint density at radius 2 is 1.90 bits per heavy atom. The van der Waals surface area contributed by atoms with Crippen molar-refractivity contribution in [3.05, 3.63) is 40.3 Å². The number of nitrogens with zero attached hydrogens (tertiary/aromatic N) is 3. The maximum absolute atomic E-state index is 10.6. The Morgan fingerprint density at radius 3 is 2.40 bits per heavy atom. The van der Waals surface area contributed by atoms with Gasteiger partial charge in [0.15, 0.2) is 0 Å². The van der Waals surface area contributed by atoms with Crippen LogP contribution in [-0.2, 0) is 0 Å². The van der Waals surface area contributed by atoms with Crippen molar-refractivity contribution in [2.45, 2.75) is 26.8 Å². The van der Waals surface area contributed by atoms with Crippen LogP contribution >= 0.6 is 0 Å². The average molecular weight is 276 g/mol. The molecule has 0 aliphatic heterocycles. The highest BCUT2D eigenvalue weighted by atomic mass is 16.6. The van der Waals surface area contributed by atoms with E-state index in [1.165, 1.54) is 12.1 Å². The van der Waals surface area contributed by atoms with E-state index in [1.54, 1.807) is 12.1 Å². The van der Waals surface area contributed by atoms with Crippen LogP contribution in [0.4, 0.5) is 5.69 Å². The Bertz CT molecular complexity index is 613. The molecule has 1 aromatic carbocycles. The predicted octanol–water partition coefficient (Wildman–Crippen LogP) is 2.69. The normalized spacial score (nSPS) is 13.2. The molecule has 0 fully saturated rings. The van der Waals surface area contributed by atoms with Crippen molar-refractivity contribution in [3.63, 3.8) is 0 Å². The van der Waals surface area contributed by atoms with Gasteiger partial charge in [0.2, 0.25) is 11.7 Å². The van der Waals surface area contributed by atoms with Gasteiger partial charge in [0.05, 0.1) is 11.0 Å². The average Bonchev–Trinajstić information content (AvgIpc) is 2.86. The maximum atomic E-state index is 10.6. The summed E-state index contributed by atoms with van der Waals surface area (Å²) in [4.78, 5) is 14.4. The first-order chi connectivity index (χ1) is 9.29. The lowest BCUT2D eigenvalue weighted by atomic mass is 9.87. The van der Waals surface area contributed by atoms with Crippen molar-refractivity contribution in [1.82, 2.24) is 10.1 Å². The number of nitro benzene ring substituents is 1. The van der Waals surface area contributed by atoms with E-state index in [-0.39, 0.29) is 17.1 Å². The number of rotatable bonds is 3. The van der Waals surface area contributed by atoms with E-state index in [4.69, 9.17) is 10.3 Å². The lowest BCUT2D eigenvalue weighted by molar-refractivity contribution is -0.384. The summed E-state index contributed by atoms with van der Waals surface area (Å²) in [5.41, 5.74) is 6.51. The molecule has 0 bridgehead atoms. The zero-order valence-corrected chi connectivity index (χ0v) is 11.5. The minimum atomic E-state index is -0.457. The largest absolute Gasteiger partial charge is 0.337 e. The highest BCUT2D eigenvalue weighted by molar-refractivity contribution is 5.56. The monoisotopic (exact) mass is 276 g/mol. The zero-order valence-electron chi connectivity index (χ0n) is 11.5. The minimum Gasteiger partial charge on any atom is -0.337 e. The van der Waals surface area contributed by atoms with Gasteiger partial charge in [0.25, 0.3) is 5.69 Å².